The lowest BCUT2D eigenvalue weighted by Gasteiger charge is -2.32. The Hall–Kier alpha value is -3.54. The number of halogens is 1. The van der Waals surface area contributed by atoms with Crippen molar-refractivity contribution in [2.75, 3.05) is 12.4 Å². The Morgan fingerprint density at radius 3 is 1.79 bits per heavy atom. The molecule has 0 saturated heterocycles. The topological polar surface area (TPSA) is 55.4 Å². The van der Waals surface area contributed by atoms with Crippen molar-refractivity contribution in [3.63, 3.8) is 0 Å². The summed E-state index contributed by atoms with van der Waals surface area (Å²) in [4.78, 5) is 27.2. The first-order chi connectivity index (χ1) is 16.1. The molecule has 4 nitrogen and oxygen atoms in total. The van der Waals surface area contributed by atoms with Gasteiger partial charge in [0.1, 0.15) is 0 Å². The summed E-state index contributed by atoms with van der Waals surface area (Å²) in [6.07, 6.45) is 0. The van der Waals surface area contributed by atoms with Crippen LogP contribution in [0.1, 0.15) is 27.0 Å². The average Bonchev–Trinajstić information content (AvgIpc) is 2.87. The Kier molecular flexibility index (Phi) is 6.82. The Morgan fingerprint density at radius 2 is 1.27 bits per heavy atom. The number of nitrogens with one attached hydrogen (secondary N) is 1. The molecule has 1 amide bonds. The highest BCUT2D eigenvalue weighted by atomic mass is 79.9. The van der Waals surface area contributed by atoms with Gasteiger partial charge >= 0.3 is 0 Å². The fourth-order valence-electron chi connectivity index (χ4n) is 3.87. The molecule has 4 rings (SSSR count). The van der Waals surface area contributed by atoms with Crippen LogP contribution in [-0.4, -0.2) is 18.8 Å². The van der Waals surface area contributed by atoms with Gasteiger partial charge in [0, 0.05) is 22.7 Å². The molecule has 0 aliphatic rings. The molecule has 4 aromatic carbocycles. The van der Waals surface area contributed by atoms with E-state index in [-0.39, 0.29) is 5.78 Å². The number of benzene rings is 4. The molecule has 33 heavy (non-hydrogen) atoms. The largest absolute Gasteiger partial charge is 0.359 e. The number of amides is 1. The maximum Gasteiger partial charge on any atom is 0.265 e. The normalized spacial score (nSPS) is 11.1. The van der Waals surface area contributed by atoms with E-state index in [1.54, 1.807) is 30.3 Å². The molecule has 0 aliphatic heterocycles. The zero-order valence-corrected chi connectivity index (χ0v) is 19.6. The number of carbonyl (C=O) groups is 2. The van der Waals surface area contributed by atoms with Crippen molar-refractivity contribution in [3.8, 4) is 0 Å². The van der Waals surface area contributed by atoms with Gasteiger partial charge in [0.25, 0.3) is 5.91 Å². The summed E-state index contributed by atoms with van der Waals surface area (Å²) < 4.78 is 6.69. The molecule has 0 saturated carbocycles. The fraction of sp³-hybridized carbons (Fsp3) is 0.0714. The summed E-state index contributed by atoms with van der Waals surface area (Å²) in [6.45, 7) is 0. The zero-order chi connectivity index (χ0) is 23.3. The summed E-state index contributed by atoms with van der Waals surface area (Å²) in [6, 6.07) is 32.8. The van der Waals surface area contributed by atoms with Gasteiger partial charge in [-0.1, -0.05) is 107 Å². The van der Waals surface area contributed by atoms with E-state index >= 15 is 0 Å². The number of anilines is 1. The van der Waals surface area contributed by atoms with Crippen molar-refractivity contribution in [2.24, 2.45) is 0 Å². The Labute approximate surface area is 201 Å². The van der Waals surface area contributed by atoms with Crippen LogP contribution in [-0.2, 0) is 15.1 Å². The monoisotopic (exact) mass is 499 g/mol. The van der Waals surface area contributed by atoms with Gasteiger partial charge in [0.15, 0.2) is 11.4 Å². The average molecular weight is 500 g/mol. The summed E-state index contributed by atoms with van der Waals surface area (Å²) in [5.74, 6) is -0.582. The Morgan fingerprint density at radius 1 is 0.758 bits per heavy atom. The van der Waals surface area contributed by atoms with Gasteiger partial charge in [-0.25, -0.2) is 0 Å². The first-order valence-corrected chi connectivity index (χ1v) is 11.2. The van der Waals surface area contributed by atoms with Gasteiger partial charge in [0.2, 0.25) is 0 Å². The minimum Gasteiger partial charge on any atom is -0.359 e. The van der Waals surface area contributed by atoms with Crippen molar-refractivity contribution >= 4 is 33.3 Å². The molecule has 4 aromatic rings. The summed E-state index contributed by atoms with van der Waals surface area (Å²) in [5, 5.41) is 2.97. The van der Waals surface area contributed by atoms with Crippen molar-refractivity contribution in [3.05, 3.63) is 136 Å². The molecule has 0 atom stereocenters. The summed E-state index contributed by atoms with van der Waals surface area (Å²) in [7, 11) is 1.51. The van der Waals surface area contributed by atoms with Crippen LogP contribution in [0.5, 0.6) is 0 Å². The van der Waals surface area contributed by atoms with Gasteiger partial charge in [-0.05, 0) is 29.3 Å². The molecule has 0 bridgehead atoms. The maximum absolute atomic E-state index is 13.9. The molecule has 1 N–H and O–H groups in total. The van der Waals surface area contributed by atoms with E-state index in [9.17, 15) is 9.59 Å². The summed E-state index contributed by atoms with van der Waals surface area (Å²) >= 11 is 3.44. The minimum atomic E-state index is -1.40. The molecule has 0 aromatic heterocycles. The standard InChI is InChI=1S/C28H22BrNO3/c1-33-28(21-13-7-3-8-14-21,22-15-9-4-10-16-22)27(32)30-25-18-17-23(29)19-24(25)26(31)20-11-5-2-6-12-20/h2-19H,1H3,(H,30,32). The van der Waals surface area contributed by atoms with Crippen LogP contribution >= 0.6 is 15.9 Å². The number of hydrogen-bond donors (Lipinski definition) is 1. The van der Waals surface area contributed by atoms with Gasteiger partial charge < -0.3 is 10.1 Å². The van der Waals surface area contributed by atoms with E-state index in [4.69, 9.17) is 4.74 Å². The van der Waals surface area contributed by atoms with E-state index in [1.165, 1.54) is 7.11 Å². The lowest BCUT2D eigenvalue weighted by atomic mass is 9.85. The number of hydrogen-bond acceptors (Lipinski definition) is 3. The molecule has 0 aliphatic carbocycles. The maximum atomic E-state index is 13.9. The summed E-state index contributed by atoms with van der Waals surface area (Å²) in [5.41, 5.74) is 1.30. The molecule has 0 unspecified atom stereocenters. The minimum absolute atomic E-state index is 0.186. The number of ether oxygens (including phenoxy) is 1. The third kappa shape index (κ3) is 4.51. The second kappa shape index (κ2) is 9.94. The molecule has 0 fully saturated rings. The van der Waals surface area contributed by atoms with Crippen LogP contribution in [0.4, 0.5) is 5.69 Å². The van der Waals surface area contributed by atoms with Crippen molar-refractivity contribution < 1.29 is 14.3 Å². The van der Waals surface area contributed by atoms with Crippen LogP contribution in [0.25, 0.3) is 0 Å². The predicted molar refractivity (Wildman–Crippen MR) is 133 cm³/mol. The Balaban J connectivity index is 1.80. The number of carbonyl (C=O) groups excluding carboxylic acids is 2. The van der Waals surface area contributed by atoms with Crippen molar-refractivity contribution in [1.29, 1.82) is 0 Å². The number of ketones is 1. The van der Waals surface area contributed by atoms with Crippen molar-refractivity contribution in [1.82, 2.24) is 0 Å². The van der Waals surface area contributed by atoms with Gasteiger partial charge in [-0.3, -0.25) is 9.59 Å². The fourth-order valence-corrected chi connectivity index (χ4v) is 4.23. The molecule has 0 radical (unpaired) electrons. The van der Waals surface area contributed by atoms with Crippen LogP contribution in [0.2, 0.25) is 0 Å². The van der Waals surface area contributed by atoms with Crippen molar-refractivity contribution in [2.45, 2.75) is 5.60 Å². The van der Waals surface area contributed by atoms with E-state index < -0.39 is 11.5 Å². The molecule has 164 valence electrons. The zero-order valence-electron chi connectivity index (χ0n) is 18.0. The van der Waals surface area contributed by atoms with E-state index in [2.05, 4.69) is 21.2 Å². The smallest absolute Gasteiger partial charge is 0.265 e. The quantitative estimate of drug-likeness (QED) is 0.307. The van der Waals surface area contributed by atoms with Gasteiger partial charge in [0.05, 0.1) is 5.69 Å². The van der Waals surface area contributed by atoms with Crippen LogP contribution in [0, 0.1) is 0 Å². The molecule has 0 heterocycles. The highest BCUT2D eigenvalue weighted by Gasteiger charge is 2.42. The molecular weight excluding hydrogens is 478 g/mol. The predicted octanol–water partition coefficient (Wildman–Crippen LogP) is 6.21. The highest BCUT2D eigenvalue weighted by Crippen LogP contribution is 2.35. The lowest BCUT2D eigenvalue weighted by molar-refractivity contribution is -0.134. The second-order valence-corrected chi connectivity index (χ2v) is 8.37. The number of methoxy groups -OCH3 is 1. The number of rotatable bonds is 7. The third-order valence-electron chi connectivity index (χ3n) is 5.50. The van der Waals surface area contributed by atoms with E-state index in [0.717, 1.165) is 4.47 Å². The van der Waals surface area contributed by atoms with E-state index in [1.807, 2.05) is 78.9 Å². The molecule has 0 spiro atoms. The van der Waals surface area contributed by atoms with Crippen LogP contribution < -0.4 is 5.32 Å². The first-order valence-electron chi connectivity index (χ1n) is 10.4. The van der Waals surface area contributed by atoms with E-state index in [0.29, 0.717) is 27.9 Å². The van der Waals surface area contributed by atoms with Crippen LogP contribution in [0.3, 0.4) is 0 Å². The second-order valence-electron chi connectivity index (χ2n) is 7.46. The third-order valence-corrected chi connectivity index (χ3v) is 5.99. The SMILES string of the molecule is COC(C(=O)Nc1ccc(Br)cc1C(=O)c1ccccc1)(c1ccccc1)c1ccccc1. The lowest BCUT2D eigenvalue weighted by Crippen LogP contribution is -2.43. The highest BCUT2D eigenvalue weighted by molar-refractivity contribution is 9.10. The van der Waals surface area contributed by atoms with Gasteiger partial charge in [-0.2, -0.15) is 0 Å². The Bertz CT molecular complexity index is 1220. The molecular formula is C28H22BrNO3. The first kappa shape index (κ1) is 22.6. The van der Waals surface area contributed by atoms with Gasteiger partial charge in [-0.15, -0.1) is 0 Å². The molecule has 5 heteroatoms. The van der Waals surface area contributed by atoms with Crippen LogP contribution in [0.15, 0.2) is 114 Å².